The third kappa shape index (κ3) is 4.93. The zero-order valence-electron chi connectivity index (χ0n) is 17.6. The average molecular weight is 563 g/mol. The Labute approximate surface area is 217 Å². The lowest BCUT2D eigenvalue weighted by Gasteiger charge is -2.13. The van der Waals surface area contributed by atoms with Crippen molar-refractivity contribution in [3.8, 4) is 0 Å². The Hall–Kier alpha value is -2.52. The number of halogens is 7. The summed E-state index contributed by atoms with van der Waals surface area (Å²) in [5.41, 5.74) is -0.0112. The molecule has 0 spiro atoms. The highest BCUT2D eigenvalue weighted by Crippen LogP contribution is 2.65. The standard InChI is InChI=1S/C23H14Cl4F3N3O2/c1-9-2-5-15(19(30)16(9)21(34)33-20-14(29)7-11(28)8-31-20)32-22(35)18-17(23(18,26)27)10-3-4-12(24)13(25)6-10/h2-8,17-18H,1H3,(H,32,35)(H,31,33,34)/t17-,18+/m0/s1. The topological polar surface area (TPSA) is 71.1 Å². The van der Waals surface area contributed by atoms with E-state index in [4.69, 9.17) is 46.4 Å². The van der Waals surface area contributed by atoms with Crippen LogP contribution in [0.3, 0.4) is 0 Å². The van der Waals surface area contributed by atoms with Gasteiger partial charge in [-0.1, -0.05) is 35.3 Å². The van der Waals surface area contributed by atoms with E-state index in [1.54, 1.807) is 18.2 Å². The van der Waals surface area contributed by atoms with Crippen LogP contribution in [-0.2, 0) is 4.79 Å². The summed E-state index contributed by atoms with van der Waals surface area (Å²) >= 11 is 24.6. The Balaban J connectivity index is 1.56. The number of rotatable bonds is 5. The molecule has 0 aliphatic heterocycles. The number of benzene rings is 2. The molecule has 1 aliphatic carbocycles. The minimum absolute atomic E-state index is 0.199. The molecular formula is C23H14Cl4F3N3O2. The Morgan fingerprint density at radius 3 is 2.37 bits per heavy atom. The van der Waals surface area contributed by atoms with Gasteiger partial charge in [0.15, 0.2) is 17.5 Å². The number of anilines is 2. The minimum Gasteiger partial charge on any atom is -0.323 e. The fourth-order valence-electron chi connectivity index (χ4n) is 3.71. The Bertz CT molecular complexity index is 1370. The largest absolute Gasteiger partial charge is 0.323 e. The minimum atomic E-state index is -1.48. The van der Waals surface area contributed by atoms with Crippen molar-refractivity contribution in [2.75, 3.05) is 10.6 Å². The molecule has 3 aromatic rings. The smallest absolute Gasteiger partial charge is 0.260 e. The lowest BCUT2D eigenvalue weighted by atomic mass is 10.1. The third-order valence-corrected chi connectivity index (χ3v) is 7.19. The molecule has 2 atom stereocenters. The lowest BCUT2D eigenvalue weighted by Crippen LogP contribution is -2.21. The maximum Gasteiger partial charge on any atom is 0.260 e. The van der Waals surface area contributed by atoms with Gasteiger partial charge in [-0.3, -0.25) is 9.59 Å². The van der Waals surface area contributed by atoms with Crippen LogP contribution in [0.25, 0.3) is 0 Å². The molecule has 2 N–H and O–H groups in total. The molecule has 0 saturated heterocycles. The van der Waals surface area contributed by atoms with Gasteiger partial charge in [0.05, 0.1) is 33.4 Å². The summed E-state index contributed by atoms with van der Waals surface area (Å²) in [6.07, 6.45) is 0.697. The summed E-state index contributed by atoms with van der Waals surface area (Å²) in [5, 5.41) is 5.06. The van der Waals surface area contributed by atoms with Crippen LogP contribution in [0.2, 0.25) is 10.0 Å². The lowest BCUT2D eigenvalue weighted by molar-refractivity contribution is -0.117. The number of aryl methyl sites for hydroxylation is 1. The van der Waals surface area contributed by atoms with Crippen LogP contribution in [-0.4, -0.2) is 21.1 Å². The van der Waals surface area contributed by atoms with Crippen molar-refractivity contribution < 1.29 is 22.8 Å². The predicted octanol–water partition coefficient (Wildman–Crippen LogP) is 6.89. The normalized spacial score (nSPS) is 18.2. The summed E-state index contributed by atoms with van der Waals surface area (Å²) < 4.78 is 40.7. The van der Waals surface area contributed by atoms with E-state index in [0.717, 1.165) is 0 Å². The van der Waals surface area contributed by atoms with Crippen molar-refractivity contribution in [3.05, 3.63) is 86.8 Å². The van der Waals surface area contributed by atoms with Gasteiger partial charge in [-0.15, -0.1) is 23.2 Å². The molecule has 0 bridgehead atoms. The molecule has 1 saturated carbocycles. The van der Waals surface area contributed by atoms with Crippen molar-refractivity contribution in [3.63, 3.8) is 0 Å². The van der Waals surface area contributed by atoms with E-state index < -0.39 is 56.8 Å². The second kappa shape index (κ2) is 9.50. The number of hydrogen-bond donors (Lipinski definition) is 2. The number of alkyl halides is 2. The maximum absolute atomic E-state index is 15.3. The number of carbonyl (C=O) groups is 2. The van der Waals surface area contributed by atoms with Crippen molar-refractivity contribution in [2.24, 2.45) is 5.92 Å². The summed E-state index contributed by atoms with van der Waals surface area (Å²) in [7, 11) is 0. The molecule has 0 unspecified atom stereocenters. The van der Waals surface area contributed by atoms with Gasteiger partial charge in [0.2, 0.25) is 5.91 Å². The molecule has 2 aromatic carbocycles. The van der Waals surface area contributed by atoms with Gasteiger partial charge in [0.25, 0.3) is 5.91 Å². The van der Waals surface area contributed by atoms with Gasteiger partial charge in [-0.05, 0) is 36.2 Å². The second-order valence-electron chi connectivity index (χ2n) is 7.85. The zero-order valence-corrected chi connectivity index (χ0v) is 20.6. The van der Waals surface area contributed by atoms with E-state index in [1.807, 2.05) is 0 Å². The first-order valence-corrected chi connectivity index (χ1v) is 11.5. The van der Waals surface area contributed by atoms with E-state index in [1.165, 1.54) is 19.1 Å². The molecule has 5 nitrogen and oxygen atoms in total. The number of aromatic nitrogens is 1. The summed E-state index contributed by atoms with van der Waals surface area (Å²) in [6.45, 7) is 1.45. The number of carbonyl (C=O) groups excluding carboxylic acids is 2. The molecule has 182 valence electrons. The Kier molecular flexibility index (Phi) is 6.94. The highest BCUT2D eigenvalue weighted by molar-refractivity contribution is 6.53. The summed E-state index contributed by atoms with van der Waals surface area (Å²) in [4.78, 5) is 29.0. The van der Waals surface area contributed by atoms with Crippen LogP contribution in [0, 0.1) is 30.3 Å². The first-order valence-electron chi connectivity index (χ1n) is 9.97. The molecule has 4 rings (SSSR count). The van der Waals surface area contributed by atoms with E-state index >= 15 is 4.39 Å². The predicted molar refractivity (Wildman–Crippen MR) is 129 cm³/mol. The van der Waals surface area contributed by atoms with Gasteiger partial charge >= 0.3 is 0 Å². The molecule has 12 heteroatoms. The van der Waals surface area contributed by atoms with Crippen molar-refractivity contribution in [1.29, 1.82) is 0 Å². The molecule has 1 fully saturated rings. The van der Waals surface area contributed by atoms with E-state index in [2.05, 4.69) is 15.6 Å². The summed E-state index contributed by atoms with van der Waals surface area (Å²) in [5.74, 6) is -7.04. The first kappa shape index (κ1) is 25.6. The van der Waals surface area contributed by atoms with Gasteiger partial charge in [0.1, 0.15) is 10.2 Å². The van der Waals surface area contributed by atoms with E-state index in [9.17, 15) is 18.4 Å². The maximum atomic E-state index is 15.3. The SMILES string of the molecule is Cc1ccc(NC(=O)[C@H]2[C@H](c3ccc(Cl)c(Cl)c3)C2(Cl)Cl)c(F)c1C(=O)Nc1ncc(F)cc1F. The van der Waals surface area contributed by atoms with Crippen LogP contribution < -0.4 is 10.6 Å². The number of nitrogens with zero attached hydrogens (tertiary/aromatic N) is 1. The highest BCUT2D eigenvalue weighted by atomic mass is 35.5. The Morgan fingerprint density at radius 1 is 1.00 bits per heavy atom. The molecule has 0 radical (unpaired) electrons. The van der Waals surface area contributed by atoms with E-state index in [0.29, 0.717) is 22.8 Å². The van der Waals surface area contributed by atoms with Crippen LogP contribution in [0.5, 0.6) is 0 Å². The van der Waals surface area contributed by atoms with E-state index in [-0.39, 0.29) is 16.3 Å². The quantitative estimate of drug-likeness (QED) is 0.332. The third-order valence-electron chi connectivity index (χ3n) is 5.51. The monoisotopic (exact) mass is 561 g/mol. The van der Waals surface area contributed by atoms with Crippen LogP contribution in [0.4, 0.5) is 24.7 Å². The highest BCUT2D eigenvalue weighted by Gasteiger charge is 2.67. The molecule has 1 heterocycles. The van der Waals surface area contributed by atoms with Crippen molar-refractivity contribution in [1.82, 2.24) is 4.98 Å². The number of amides is 2. The first-order chi connectivity index (χ1) is 16.4. The Morgan fingerprint density at radius 2 is 1.71 bits per heavy atom. The fraction of sp³-hybridized carbons (Fsp3) is 0.174. The molecule has 1 aliphatic rings. The number of hydrogen-bond acceptors (Lipinski definition) is 3. The van der Waals surface area contributed by atoms with Gasteiger partial charge in [-0.25, -0.2) is 18.2 Å². The average Bonchev–Trinajstić information content (AvgIpc) is 3.36. The molecular weight excluding hydrogens is 549 g/mol. The molecule has 1 aromatic heterocycles. The fourth-order valence-corrected chi connectivity index (χ4v) is 4.84. The van der Waals surface area contributed by atoms with Gasteiger partial charge in [-0.2, -0.15) is 0 Å². The van der Waals surface area contributed by atoms with Gasteiger partial charge in [0, 0.05) is 12.0 Å². The van der Waals surface area contributed by atoms with Crippen molar-refractivity contribution >= 4 is 69.7 Å². The van der Waals surface area contributed by atoms with Crippen LogP contribution in [0.1, 0.15) is 27.4 Å². The summed E-state index contributed by atoms with van der Waals surface area (Å²) in [6, 6.07) is 7.88. The van der Waals surface area contributed by atoms with Crippen LogP contribution >= 0.6 is 46.4 Å². The van der Waals surface area contributed by atoms with Crippen molar-refractivity contribution in [2.45, 2.75) is 17.2 Å². The number of nitrogens with one attached hydrogen (secondary N) is 2. The zero-order chi connectivity index (χ0) is 25.7. The molecule has 35 heavy (non-hydrogen) atoms. The second-order valence-corrected chi connectivity index (χ2v) is 10.1. The van der Waals surface area contributed by atoms with Crippen LogP contribution in [0.15, 0.2) is 42.6 Å². The molecule has 2 amide bonds. The number of pyridine rings is 1. The van der Waals surface area contributed by atoms with Gasteiger partial charge < -0.3 is 10.6 Å².